The van der Waals surface area contributed by atoms with Gasteiger partial charge in [-0.1, -0.05) is 36.9 Å². The third-order valence-corrected chi connectivity index (χ3v) is 8.33. The van der Waals surface area contributed by atoms with Crippen molar-refractivity contribution in [3.8, 4) is 0 Å². The molecule has 4 amide bonds. The molecule has 3 aliphatic heterocycles. The summed E-state index contributed by atoms with van der Waals surface area (Å²) < 4.78 is 0. The van der Waals surface area contributed by atoms with Gasteiger partial charge in [-0.05, 0) is 70.2 Å². The van der Waals surface area contributed by atoms with Gasteiger partial charge in [0.1, 0.15) is 18.1 Å². The molecule has 2 aromatic rings. The number of hydrogen-bond donors (Lipinski definition) is 3. The maximum Gasteiger partial charge on any atom is 0.258 e. The molecule has 1 aromatic heterocycles. The molecule has 10 nitrogen and oxygen atoms in total. The highest BCUT2D eigenvalue weighted by Gasteiger charge is 2.46. The molecule has 4 heterocycles. The van der Waals surface area contributed by atoms with Crippen LogP contribution in [0, 0.1) is 5.41 Å². The SMILES string of the molecule is C=C(C)[C@H]1C(=O)N[C@@H](C)C(=O)N2CCC[C@H](N2)C(=O)N[C@H](C)c2ccc3ccc(cc3n2)/C=C/C2(C)CCN1C2=O. The van der Waals surface area contributed by atoms with Crippen LogP contribution in [-0.2, 0) is 19.2 Å². The molecular formula is C31H38N6O4. The molecule has 5 rings (SSSR count). The van der Waals surface area contributed by atoms with Crippen molar-refractivity contribution in [3.63, 3.8) is 0 Å². The van der Waals surface area contributed by atoms with Crippen LogP contribution in [0.1, 0.15) is 64.3 Å². The minimum atomic E-state index is -0.903. The first-order chi connectivity index (χ1) is 19.5. The molecule has 7 bridgehead atoms. The Kier molecular flexibility index (Phi) is 7.70. The quantitative estimate of drug-likeness (QED) is 0.463. The van der Waals surface area contributed by atoms with Crippen LogP contribution in [0.15, 0.2) is 48.6 Å². The van der Waals surface area contributed by atoms with Crippen LogP contribution in [0.4, 0.5) is 0 Å². The van der Waals surface area contributed by atoms with E-state index in [4.69, 9.17) is 4.98 Å². The van der Waals surface area contributed by atoms with Crippen molar-refractivity contribution in [2.45, 2.75) is 71.1 Å². The number of nitrogens with zero attached hydrogens (tertiary/aromatic N) is 3. The van der Waals surface area contributed by atoms with E-state index in [1.165, 1.54) is 5.01 Å². The van der Waals surface area contributed by atoms with Gasteiger partial charge in [0.05, 0.1) is 22.7 Å². The summed E-state index contributed by atoms with van der Waals surface area (Å²) in [5.74, 6) is -1.21. The third-order valence-electron chi connectivity index (χ3n) is 8.33. The van der Waals surface area contributed by atoms with E-state index in [9.17, 15) is 19.2 Å². The third kappa shape index (κ3) is 5.61. The van der Waals surface area contributed by atoms with Gasteiger partial charge < -0.3 is 15.5 Å². The first-order valence-electron chi connectivity index (χ1n) is 14.2. The zero-order chi connectivity index (χ0) is 29.5. The van der Waals surface area contributed by atoms with E-state index in [2.05, 4.69) is 22.6 Å². The Labute approximate surface area is 240 Å². The Balaban J connectivity index is 1.53. The van der Waals surface area contributed by atoms with Crippen LogP contribution in [0.3, 0.4) is 0 Å². The summed E-state index contributed by atoms with van der Waals surface area (Å²) in [4.78, 5) is 60.0. The second-order valence-electron chi connectivity index (χ2n) is 11.7. The fourth-order valence-corrected chi connectivity index (χ4v) is 5.81. The monoisotopic (exact) mass is 558 g/mol. The molecule has 3 N–H and O–H groups in total. The lowest BCUT2D eigenvalue weighted by Crippen LogP contribution is -2.61. The number of pyridine rings is 1. The normalized spacial score (nSPS) is 30.2. The molecule has 0 saturated carbocycles. The van der Waals surface area contributed by atoms with Crippen LogP contribution < -0.4 is 16.1 Å². The summed E-state index contributed by atoms with van der Waals surface area (Å²) in [7, 11) is 0. The van der Waals surface area contributed by atoms with Crippen molar-refractivity contribution in [1.29, 1.82) is 0 Å². The first-order valence-corrected chi connectivity index (χ1v) is 14.2. The maximum atomic E-state index is 13.7. The molecule has 5 atom stereocenters. The zero-order valence-electron chi connectivity index (χ0n) is 24.1. The van der Waals surface area contributed by atoms with E-state index in [0.29, 0.717) is 37.9 Å². The van der Waals surface area contributed by atoms with E-state index < -0.39 is 29.4 Å². The number of rotatable bonds is 1. The van der Waals surface area contributed by atoms with Gasteiger partial charge in [0.15, 0.2) is 0 Å². The molecule has 1 aromatic carbocycles. The largest absolute Gasteiger partial charge is 0.347 e. The van der Waals surface area contributed by atoms with Gasteiger partial charge in [-0.15, -0.1) is 0 Å². The summed E-state index contributed by atoms with van der Waals surface area (Å²) in [6, 6.07) is 7.06. The first kappa shape index (κ1) is 28.5. The van der Waals surface area contributed by atoms with Crippen LogP contribution in [0.5, 0.6) is 0 Å². The minimum Gasteiger partial charge on any atom is -0.347 e. The fraction of sp³-hybridized carbons (Fsp3) is 0.452. The average molecular weight is 559 g/mol. The smallest absolute Gasteiger partial charge is 0.258 e. The predicted molar refractivity (Wildman–Crippen MR) is 156 cm³/mol. The van der Waals surface area contributed by atoms with Gasteiger partial charge in [0.25, 0.3) is 5.91 Å². The number of hydrazine groups is 1. The number of benzene rings is 1. The Morgan fingerprint density at radius 1 is 1.02 bits per heavy atom. The van der Waals surface area contributed by atoms with E-state index >= 15 is 0 Å². The topological polar surface area (TPSA) is 124 Å². The van der Waals surface area contributed by atoms with Crippen LogP contribution in [-0.4, -0.2) is 69.7 Å². The predicted octanol–water partition coefficient (Wildman–Crippen LogP) is 2.62. The summed E-state index contributed by atoms with van der Waals surface area (Å²) >= 11 is 0. The van der Waals surface area contributed by atoms with Crippen molar-refractivity contribution < 1.29 is 19.2 Å². The molecule has 2 saturated heterocycles. The van der Waals surface area contributed by atoms with E-state index in [0.717, 1.165) is 22.2 Å². The summed E-state index contributed by atoms with van der Waals surface area (Å²) in [5.41, 5.74) is 5.15. The molecular weight excluding hydrogens is 520 g/mol. The molecule has 0 aliphatic carbocycles. The number of aromatic nitrogens is 1. The van der Waals surface area contributed by atoms with Gasteiger partial charge in [-0.2, -0.15) is 0 Å². The highest BCUT2D eigenvalue weighted by molar-refractivity contribution is 5.96. The fourth-order valence-electron chi connectivity index (χ4n) is 5.81. The summed E-state index contributed by atoms with van der Waals surface area (Å²) in [6.07, 6.45) is 5.55. The number of carbonyl (C=O) groups is 4. The van der Waals surface area contributed by atoms with Crippen molar-refractivity contribution in [2.24, 2.45) is 5.41 Å². The molecule has 10 heteroatoms. The van der Waals surface area contributed by atoms with Crippen LogP contribution >= 0.6 is 0 Å². The molecule has 0 spiro atoms. The van der Waals surface area contributed by atoms with E-state index in [1.807, 2.05) is 56.3 Å². The van der Waals surface area contributed by atoms with Crippen molar-refractivity contribution in [2.75, 3.05) is 13.1 Å². The standard InChI is InChI=1S/C31H38N6O4/c1-18(2)26-28(39)33-20(4)29(40)37-15-6-7-24(35-37)27(38)32-19(3)23-11-10-22-9-8-21(17-25(22)34-23)12-13-31(5)14-16-36(26)30(31)41/h8-13,17,19-20,24,26,35H,1,6-7,14-16H2,2-5H3,(H,32,38)(H,33,39)/b13-12+/t19-,20+,24+,26+,31?/m1/s1. The van der Waals surface area contributed by atoms with Crippen molar-refractivity contribution in [1.82, 2.24) is 31.0 Å². The zero-order valence-corrected chi connectivity index (χ0v) is 24.1. The van der Waals surface area contributed by atoms with E-state index in [1.54, 1.807) is 18.7 Å². The molecule has 0 radical (unpaired) electrons. The number of hydrogen-bond acceptors (Lipinski definition) is 6. The summed E-state index contributed by atoms with van der Waals surface area (Å²) in [5, 5.41) is 8.18. The Bertz CT molecular complexity index is 1450. The van der Waals surface area contributed by atoms with Gasteiger partial charge in [0.2, 0.25) is 17.7 Å². The van der Waals surface area contributed by atoms with Gasteiger partial charge >= 0.3 is 0 Å². The summed E-state index contributed by atoms with van der Waals surface area (Å²) in [6.45, 7) is 11.9. The lowest BCUT2D eigenvalue weighted by molar-refractivity contribution is -0.144. The van der Waals surface area contributed by atoms with E-state index in [-0.39, 0.29) is 23.8 Å². The second-order valence-corrected chi connectivity index (χ2v) is 11.7. The van der Waals surface area contributed by atoms with Gasteiger partial charge in [0, 0.05) is 18.5 Å². The maximum absolute atomic E-state index is 13.7. The average Bonchev–Trinajstić information content (AvgIpc) is 3.24. The van der Waals surface area contributed by atoms with Crippen molar-refractivity contribution >= 4 is 40.6 Å². The van der Waals surface area contributed by atoms with Gasteiger partial charge in [-0.25, -0.2) is 5.43 Å². The highest BCUT2D eigenvalue weighted by atomic mass is 16.2. The molecule has 2 fully saturated rings. The molecule has 216 valence electrons. The van der Waals surface area contributed by atoms with Crippen LogP contribution in [0.2, 0.25) is 0 Å². The number of carbonyl (C=O) groups excluding carboxylic acids is 4. The Morgan fingerprint density at radius 3 is 2.51 bits per heavy atom. The number of fused-ring (bicyclic) bond motifs is 6. The lowest BCUT2D eigenvalue weighted by Gasteiger charge is -2.35. The van der Waals surface area contributed by atoms with Crippen LogP contribution in [0.25, 0.3) is 17.0 Å². The number of amides is 4. The second kappa shape index (κ2) is 11.1. The number of nitrogens with one attached hydrogen (secondary N) is 3. The highest BCUT2D eigenvalue weighted by Crippen LogP contribution is 2.36. The minimum absolute atomic E-state index is 0.165. The molecule has 1 unspecified atom stereocenters. The lowest BCUT2D eigenvalue weighted by atomic mass is 9.87. The van der Waals surface area contributed by atoms with Gasteiger partial charge in [-0.3, -0.25) is 29.2 Å². The molecule has 3 aliphatic rings. The van der Waals surface area contributed by atoms with Crippen molar-refractivity contribution in [3.05, 3.63) is 59.8 Å². The Morgan fingerprint density at radius 2 is 1.76 bits per heavy atom. The Hall–Kier alpha value is -4.05. The molecule has 41 heavy (non-hydrogen) atoms.